The van der Waals surface area contributed by atoms with E-state index in [1.54, 1.807) is 0 Å². The van der Waals surface area contributed by atoms with Crippen molar-refractivity contribution in [2.24, 2.45) is 10.9 Å². The first-order chi connectivity index (χ1) is 9.71. The van der Waals surface area contributed by atoms with Gasteiger partial charge in [0.2, 0.25) is 0 Å². The number of aliphatic hydroxyl groups excluding tert-OH is 1. The highest BCUT2D eigenvalue weighted by atomic mass is 79.9. The Bertz CT molecular complexity index is 537. The molecule has 0 fully saturated rings. The molecule has 0 saturated carbocycles. The Labute approximate surface area is 125 Å². The lowest BCUT2D eigenvalue weighted by molar-refractivity contribution is -0.119. The fraction of sp³-hybridized carbons (Fsp3) is 0.364. The Balaban J connectivity index is 3.25. The number of nitrogens with two attached hydrogens (primary N) is 1. The van der Waals surface area contributed by atoms with Gasteiger partial charge in [-0.2, -0.15) is 13.2 Å². The average Bonchev–Trinajstić information content (AvgIpc) is 2.39. The third-order valence-corrected chi connectivity index (χ3v) is 3.30. The number of benzene rings is 1. The first kappa shape index (κ1) is 17.5. The number of hydrogen-bond donors (Lipinski definition) is 3. The molecule has 0 aliphatic heterocycles. The number of aliphatic hydroxyl groups is 1. The van der Waals surface area contributed by atoms with Gasteiger partial charge in [-0.1, -0.05) is 5.16 Å². The quantitative estimate of drug-likeness (QED) is 0.242. The molecular formula is C11H12BrF4N3O2. The van der Waals surface area contributed by atoms with Crippen LogP contribution in [0.2, 0.25) is 0 Å². The van der Waals surface area contributed by atoms with E-state index in [-0.39, 0.29) is 15.7 Å². The van der Waals surface area contributed by atoms with Crippen molar-refractivity contribution in [3.05, 3.63) is 28.0 Å². The number of rotatable bonds is 5. The first-order valence-corrected chi connectivity index (χ1v) is 6.39. The summed E-state index contributed by atoms with van der Waals surface area (Å²) in [6.45, 7) is -2.39. The zero-order chi connectivity index (χ0) is 16.2. The molecule has 0 heterocycles. The van der Waals surface area contributed by atoms with Crippen LogP contribution >= 0.6 is 15.9 Å². The molecule has 0 unspecified atom stereocenters. The summed E-state index contributed by atoms with van der Waals surface area (Å²) >= 11 is 2.85. The third kappa shape index (κ3) is 4.46. The molecule has 1 aromatic carbocycles. The van der Waals surface area contributed by atoms with E-state index < -0.39 is 37.5 Å². The van der Waals surface area contributed by atoms with Gasteiger partial charge in [0.25, 0.3) is 0 Å². The lowest BCUT2D eigenvalue weighted by Crippen LogP contribution is -2.37. The molecule has 1 rings (SSSR count). The van der Waals surface area contributed by atoms with E-state index in [0.29, 0.717) is 4.90 Å². The Kier molecular flexibility index (Phi) is 5.78. The fourth-order valence-electron chi connectivity index (χ4n) is 1.66. The summed E-state index contributed by atoms with van der Waals surface area (Å²) in [5.41, 5.74) is 4.96. The largest absolute Gasteiger partial charge is 0.409 e. The summed E-state index contributed by atoms with van der Waals surface area (Å²) in [7, 11) is 0. The molecule has 0 bridgehead atoms. The zero-order valence-corrected chi connectivity index (χ0v) is 12.1. The van der Waals surface area contributed by atoms with Crippen molar-refractivity contribution in [2.45, 2.75) is 6.18 Å². The fourth-order valence-corrected chi connectivity index (χ4v) is 2.20. The normalized spacial score (nSPS) is 12.6. The SMILES string of the molecule is N/C(=N/O)c1ccc(N(CCO)CC(F)(F)F)c(F)c1Br. The van der Waals surface area contributed by atoms with Crippen molar-refractivity contribution in [1.29, 1.82) is 0 Å². The van der Waals surface area contributed by atoms with Gasteiger partial charge in [-0.3, -0.25) is 0 Å². The maximum absolute atomic E-state index is 14.2. The lowest BCUT2D eigenvalue weighted by Gasteiger charge is -2.26. The van der Waals surface area contributed by atoms with Crippen LogP contribution in [0.4, 0.5) is 23.2 Å². The maximum atomic E-state index is 14.2. The van der Waals surface area contributed by atoms with Gasteiger partial charge in [-0.15, -0.1) is 0 Å². The van der Waals surface area contributed by atoms with Crippen molar-refractivity contribution in [3.8, 4) is 0 Å². The van der Waals surface area contributed by atoms with E-state index in [4.69, 9.17) is 16.0 Å². The maximum Gasteiger partial charge on any atom is 0.405 e. The first-order valence-electron chi connectivity index (χ1n) is 5.59. The minimum absolute atomic E-state index is 0.00490. The summed E-state index contributed by atoms with van der Waals surface area (Å²) in [5, 5.41) is 20.1. The second-order valence-electron chi connectivity index (χ2n) is 4.01. The number of hydrogen-bond acceptors (Lipinski definition) is 4. The van der Waals surface area contributed by atoms with E-state index in [1.165, 1.54) is 6.07 Å². The van der Waals surface area contributed by atoms with Gasteiger partial charge < -0.3 is 20.9 Å². The highest BCUT2D eigenvalue weighted by molar-refractivity contribution is 9.10. The molecular weight excluding hydrogens is 362 g/mol. The molecule has 0 saturated heterocycles. The molecule has 0 aliphatic carbocycles. The molecule has 0 amide bonds. The molecule has 1 aromatic rings. The predicted molar refractivity (Wildman–Crippen MR) is 72.0 cm³/mol. The standard InChI is InChI=1S/C11H12BrF4N3O2/c12-8-6(10(17)18-21)1-2-7(9(8)13)19(3-4-20)5-11(14,15)16/h1-2,20-21H,3-5H2,(H2,17,18). The molecule has 118 valence electrons. The second-order valence-corrected chi connectivity index (χ2v) is 4.80. The van der Waals surface area contributed by atoms with E-state index in [1.807, 2.05) is 0 Å². The third-order valence-electron chi connectivity index (χ3n) is 2.53. The average molecular weight is 374 g/mol. The van der Waals surface area contributed by atoms with E-state index in [2.05, 4.69) is 21.1 Å². The molecule has 10 heteroatoms. The van der Waals surface area contributed by atoms with Crippen LogP contribution in [0.1, 0.15) is 5.56 Å². The van der Waals surface area contributed by atoms with E-state index >= 15 is 0 Å². The molecule has 5 nitrogen and oxygen atoms in total. The van der Waals surface area contributed by atoms with Crippen LogP contribution in [0.5, 0.6) is 0 Å². The van der Waals surface area contributed by atoms with Gasteiger partial charge in [0.15, 0.2) is 11.7 Å². The highest BCUT2D eigenvalue weighted by Crippen LogP contribution is 2.31. The number of amidine groups is 1. The summed E-state index contributed by atoms with van der Waals surface area (Å²) < 4.78 is 51.4. The summed E-state index contributed by atoms with van der Waals surface area (Å²) in [5.74, 6) is -1.39. The topological polar surface area (TPSA) is 82.1 Å². The van der Waals surface area contributed by atoms with Crippen molar-refractivity contribution < 1.29 is 27.9 Å². The van der Waals surface area contributed by atoms with Gasteiger partial charge in [-0.05, 0) is 28.1 Å². The van der Waals surface area contributed by atoms with Crippen molar-refractivity contribution in [1.82, 2.24) is 0 Å². The predicted octanol–water partition coefficient (Wildman–Crippen LogP) is 2.04. The Morgan fingerprint density at radius 2 is 2.00 bits per heavy atom. The minimum Gasteiger partial charge on any atom is -0.409 e. The van der Waals surface area contributed by atoms with Gasteiger partial charge in [0, 0.05) is 12.1 Å². The number of halogens is 5. The van der Waals surface area contributed by atoms with Crippen LogP contribution in [0.15, 0.2) is 21.8 Å². The van der Waals surface area contributed by atoms with Gasteiger partial charge >= 0.3 is 6.18 Å². The molecule has 0 aromatic heterocycles. The monoisotopic (exact) mass is 373 g/mol. The van der Waals surface area contributed by atoms with Crippen LogP contribution in [-0.2, 0) is 0 Å². The molecule has 21 heavy (non-hydrogen) atoms. The van der Waals surface area contributed by atoms with Crippen LogP contribution in [0, 0.1) is 5.82 Å². The summed E-state index contributed by atoms with van der Waals surface area (Å²) in [6, 6.07) is 2.27. The van der Waals surface area contributed by atoms with Crippen LogP contribution in [0.3, 0.4) is 0 Å². The molecule has 0 radical (unpaired) electrons. The zero-order valence-electron chi connectivity index (χ0n) is 10.5. The minimum atomic E-state index is -4.56. The van der Waals surface area contributed by atoms with E-state index in [0.717, 1.165) is 6.07 Å². The highest BCUT2D eigenvalue weighted by Gasteiger charge is 2.32. The van der Waals surface area contributed by atoms with Crippen molar-refractivity contribution >= 4 is 27.5 Å². The van der Waals surface area contributed by atoms with Crippen LogP contribution in [-0.4, -0.2) is 42.0 Å². The molecule has 0 atom stereocenters. The van der Waals surface area contributed by atoms with Crippen molar-refractivity contribution in [3.63, 3.8) is 0 Å². The molecule has 0 aliphatic rings. The summed E-state index contributed by atoms with van der Waals surface area (Å²) in [4.78, 5) is 0.649. The number of oxime groups is 1. The Morgan fingerprint density at radius 3 is 2.48 bits per heavy atom. The van der Waals surface area contributed by atoms with Crippen LogP contribution in [0.25, 0.3) is 0 Å². The lowest BCUT2D eigenvalue weighted by atomic mass is 10.1. The number of alkyl halides is 3. The van der Waals surface area contributed by atoms with Crippen molar-refractivity contribution in [2.75, 3.05) is 24.6 Å². The number of nitrogens with zero attached hydrogens (tertiary/aromatic N) is 2. The molecule has 0 spiro atoms. The number of anilines is 1. The smallest absolute Gasteiger partial charge is 0.405 e. The van der Waals surface area contributed by atoms with Gasteiger partial charge in [-0.25, -0.2) is 4.39 Å². The Hall–Kier alpha value is -1.55. The molecule has 4 N–H and O–H groups in total. The second kappa shape index (κ2) is 6.94. The van der Waals surface area contributed by atoms with E-state index in [9.17, 15) is 17.6 Å². The van der Waals surface area contributed by atoms with Gasteiger partial charge in [0.05, 0.1) is 16.8 Å². The van der Waals surface area contributed by atoms with Gasteiger partial charge in [0.1, 0.15) is 6.54 Å². The summed E-state index contributed by atoms with van der Waals surface area (Å²) in [6.07, 6.45) is -4.56. The van der Waals surface area contributed by atoms with Crippen LogP contribution < -0.4 is 10.6 Å². The Morgan fingerprint density at radius 1 is 1.38 bits per heavy atom.